The van der Waals surface area contributed by atoms with E-state index < -0.39 is 7.12 Å². The van der Waals surface area contributed by atoms with E-state index in [1.54, 1.807) is 0 Å². The molecule has 2 nitrogen and oxygen atoms in total. The van der Waals surface area contributed by atoms with E-state index in [1.165, 1.54) is 12.0 Å². The van der Waals surface area contributed by atoms with Crippen molar-refractivity contribution in [2.24, 2.45) is 0 Å². The van der Waals surface area contributed by atoms with Crippen LogP contribution in [0.4, 0.5) is 0 Å². The van der Waals surface area contributed by atoms with Gasteiger partial charge in [-0.25, -0.2) is 0 Å². The van der Waals surface area contributed by atoms with Gasteiger partial charge in [0.05, 0.1) is 0 Å². The molecule has 1 fully saturated rings. The average molecular weight is 204 g/mol. The van der Waals surface area contributed by atoms with Crippen molar-refractivity contribution in [3.63, 3.8) is 0 Å². The minimum atomic E-state index is -1.17. The summed E-state index contributed by atoms with van der Waals surface area (Å²) in [6.45, 7) is 0. The summed E-state index contributed by atoms with van der Waals surface area (Å²) in [7, 11) is -1.17. The van der Waals surface area contributed by atoms with Crippen molar-refractivity contribution in [2.75, 3.05) is 0 Å². The van der Waals surface area contributed by atoms with Crippen molar-refractivity contribution >= 4 is 7.12 Å². The lowest BCUT2D eigenvalue weighted by Gasteiger charge is -2.31. The van der Waals surface area contributed by atoms with Crippen molar-refractivity contribution in [3.8, 4) is 0 Å². The summed E-state index contributed by atoms with van der Waals surface area (Å²) in [5.74, 6) is 0.334. The van der Waals surface area contributed by atoms with Crippen LogP contribution in [0.1, 0.15) is 37.2 Å². The van der Waals surface area contributed by atoms with Crippen molar-refractivity contribution in [2.45, 2.75) is 37.4 Å². The summed E-state index contributed by atoms with van der Waals surface area (Å²) in [5, 5.41) is 18.7. The first-order valence-corrected chi connectivity index (χ1v) is 5.70. The lowest BCUT2D eigenvalue weighted by molar-refractivity contribution is 0.330. The summed E-state index contributed by atoms with van der Waals surface area (Å²) in [6, 6.07) is 10.2. The Morgan fingerprint density at radius 1 is 1.00 bits per heavy atom. The fourth-order valence-corrected chi connectivity index (χ4v) is 2.63. The first kappa shape index (κ1) is 10.7. The molecule has 0 heterocycles. The van der Waals surface area contributed by atoms with Crippen molar-refractivity contribution in [3.05, 3.63) is 35.9 Å². The molecule has 1 aliphatic rings. The number of hydrogen-bond donors (Lipinski definition) is 2. The van der Waals surface area contributed by atoms with Crippen LogP contribution in [0.15, 0.2) is 30.3 Å². The highest BCUT2D eigenvalue weighted by atomic mass is 16.4. The molecule has 0 bridgehead atoms. The van der Waals surface area contributed by atoms with Gasteiger partial charge in [-0.05, 0) is 17.9 Å². The molecule has 2 N–H and O–H groups in total. The van der Waals surface area contributed by atoms with Gasteiger partial charge < -0.3 is 10.0 Å². The van der Waals surface area contributed by atoms with Gasteiger partial charge in [-0.15, -0.1) is 0 Å². The Morgan fingerprint density at radius 3 is 2.33 bits per heavy atom. The minimum absolute atomic E-state index is 0.0150. The maximum absolute atomic E-state index is 9.36. The van der Waals surface area contributed by atoms with E-state index in [1.807, 2.05) is 18.2 Å². The summed E-state index contributed by atoms with van der Waals surface area (Å²) < 4.78 is 0. The van der Waals surface area contributed by atoms with Crippen LogP contribution in [0.5, 0.6) is 0 Å². The lowest BCUT2D eigenvalue weighted by atomic mass is 9.58. The molecule has 0 spiro atoms. The summed E-state index contributed by atoms with van der Waals surface area (Å²) >= 11 is 0. The van der Waals surface area contributed by atoms with Gasteiger partial charge in [0.25, 0.3) is 0 Å². The van der Waals surface area contributed by atoms with Gasteiger partial charge in [-0.3, -0.25) is 0 Å². The van der Waals surface area contributed by atoms with E-state index in [4.69, 9.17) is 0 Å². The van der Waals surface area contributed by atoms with Gasteiger partial charge >= 0.3 is 7.12 Å². The van der Waals surface area contributed by atoms with Crippen LogP contribution in [0.3, 0.4) is 0 Å². The highest BCUT2D eigenvalue weighted by Gasteiger charge is 2.34. The van der Waals surface area contributed by atoms with E-state index in [0.717, 1.165) is 19.3 Å². The molecular formula is C12H17BO2. The second kappa shape index (κ2) is 4.82. The average Bonchev–Trinajstić information content (AvgIpc) is 2.30. The molecule has 0 radical (unpaired) electrons. The number of hydrogen-bond acceptors (Lipinski definition) is 2. The summed E-state index contributed by atoms with van der Waals surface area (Å²) in [5.41, 5.74) is 1.25. The van der Waals surface area contributed by atoms with Crippen LogP contribution in [0.25, 0.3) is 0 Å². The Balaban J connectivity index is 2.18. The molecule has 2 rings (SSSR count). The van der Waals surface area contributed by atoms with Crippen molar-refractivity contribution < 1.29 is 10.0 Å². The monoisotopic (exact) mass is 204 g/mol. The predicted molar refractivity (Wildman–Crippen MR) is 61.6 cm³/mol. The van der Waals surface area contributed by atoms with Gasteiger partial charge in [-0.1, -0.05) is 49.6 Å². The van der Waals surface area contributed by atoms with Gasteiger partial charge in [0.1, 0.15) is 0 Å². The summed E-state index contributed by atoms with van der Waals surface area (Å²) in [4.78, 5) is 0. The number of rotatable bonds is 2. The highest BCUT2D eigenvalue weighted by Crippen LogP contribution is 2.42. The molecule has 1 saturated carbocycles. The predicted octanol–water partition coefficient (Wildman–Crippen LogP) is 2.19. The Hall–Kier alpha value is -0.795. The Kier molecular flexibility index (Phi) is 3.44. The zero-order valence-electron chi connectivity index (χ0n) is 8.84. The smallest absolute Gasteiger partial charge is 0.427 e. The Bertz CT molecular complexity index is 300. The van der Waals surface area contributed by atoms with E-state index in [-0.39, 0.29) is 5.82 Å². The summed E-state index contributed by atoms with van der Waals surface area (Å²) in [6.07, 6.45) is 4.32. The maximum Gasteiger partial charge on any atom is 0.455 e. The van der Waals surface area contributed by atoms with E-state index in [9.17, 15) is 10.0 Å². The van der Waals surface area contributed by atoms with E-state index >= 15 is 0 Å². The van der Waals surface area contributed by atoms with Crippen LogP contribution >= 0.6 is 0 Å². The standard InChI is InChI=1S/C12H17BO2/c14-13(15)12-9-5-4-8-11(12)10-6-2-1-3-7-10/h1-3,6-7,11-12,14-15H,4-5,8-9H2. The molecule has 1 aromatic carbocycles. The topological polar surface area (TPSA) is 40.5 Å². The fourth-order valence-electron chi connectivity index (χ4n) is 2.63. The first-order valence-electron chi connectivity index (χ1n) is 5.70. The van der Waals surface area contributed by atoms with Crippen LogP contribution in [-0.4, -0.2) is 17.2 Å². The second-order valence-corrected chi connectivity index (χ2v) is 4.38. The van der Waals surface area contributed by atoms with Gasteiger partial charge in [0, 0.05) is 5.82 Å². The van der Waals surface area contributed by atoms with Gasteiger partial charge in [0.2, 0.25) is 0 Å². The van der Waals surface area contributed by atoms with Crippen molar-refractivity contribution in [1.29, 1.82) is 0 Å². The van der Waals surface area contributed by atoms with Crippen molar-refractivity contribution in [1.82, 2.24) is 0 Å². The molecule has 0 aliphatic heterocycles. The SMILES string of the molecule is OB(O)C1CCCCC1c1ccccc1. The number of benzene rings is 1. The Labute approximate surface area is 91.1 Å². The zero-order chi connectivity index (χ0) is 10.7. The third kappa shape index (κ3) is 2.41. The molecular weight excluding hydrogens is 187 g/mol. The molecule has 0 amide bonds. The third-order valence-corrected chi connectivity index (χ3v) is 3.43. The molecule has 80 valence electrons. The van der Waals surface area contributed by atoms with Gasteiger partial charge in [0.15, 0.2) is 0 Å². The second-order valence-electron chi connectivity index (χ2n) is 4.38. The molecule has 15 heavy (non-hydrogen) atoms. The quantitative estimate of drug-likeness (QED) is 0.725. The maximum atomic E-state index is 9.36. The van der Waals surface area contributed by atoms with E-state index in [2.05, 4.69) is 12.1 Å². The first-order chi connectivity index (χ1) is 7.29. The van der Waals surface area contributed by atoms with Crippen LogP contribution in [0.2, 0.25) is 5.82 Å². The molecule has 0 saturated heterocycles. The van der Waals surface area contributed by atoms with Crippen LogP contribution in [-0.2, 0) is 0 Å². The van der Waals surface area contributed by atoms with E-state index in [0.29, 0.717) is 5.92 Å². The normalized spacial score (nSPS) is 26.3. The molecule has 2 unspecified atom stereocenters. The zero-order valence-corrected chi connectivity index (χ0v) is 8.84. The molecule has 0 aromatic heterocycles. The molecule has 1 aromatic rings. The molecule has 1 aliphatic carbocycles. The molecule has 3 heteroatoms. The minimum Gasteiger partial charge on any atom is -0.427 e. The van der Waals surface area contributed by atoms with Crippen LogP contribution in [0, 0.1) is 0 Å². The van der Waals surface area contributed by atoms with Crippen LogP contribution < -0.4 is 0 Å². The molecule has 2 atom stereocenters. The fraction of sp³-hybridized carbons (Fsp3) is 0.500. The third-order valence-electron chi connectivity index (χ3n) is 3.43. The van der Waals surface area contributed by atoms with Gasteiger partial charge in [-0.2, -0.15) is 0 Å². The largest absolute Gasteiger partial charge is 0.455 e. The lowest BCUT2D eigenvalue weighted by Crippen LogP contribution is -2.28. The Morgan fingerprint density at radius 2 is 1.67 bits per heavy atom. The highest BCUT2D eigenvalue weighted by molar-refractivity contribution is 6.43.